The number of rotatable bonds is 6. The maximum atomic E-state index is 5.40. The minimum Gasteiger partial charge on any atom is -0.385 e. The van der Waals surface area contributed by atoms with Crippen LogP contribution in [0.15, 0.2) is 22.7 Å². The molecule has 1 rings (SSSR count). The fraction of sp³-hybridized carbons (Fsp3) is 0.571. The van der Waals surface area contributed by atoms with Crippen molar-refractivity contribution in [2.75, 3.05) is 19.0 Å². The third-order valence-corrected chi connectivity index (χ3v) is 3.54. The lowest BCUT2D eigenvalue weighted by atomic mass is 10.0. The average Bonchev–Trinajstić information content (AvgIpc) is 2.30. The monoisotopic (exact) mass is 299 g/mol. The summed E-state index contributed by atoms with van der Waals surface area (Å²) < 4.78 is 6.54. The topological polar surface area (TPSA) is 21.3 Å². The van der Waals surface area contributed by atoms with E-state index in [1.54, 1.807) is 7.11 Å². The molecule has 0 radical (unpaired) electrons. The lowest BCUT2D eigenvalue weighted by molar-refractivity contribution is 0.0185. The van der Waals surface area contributed by atoms with Crippen LogP contribution < -0.4 is 5.32 Å². The average molecular weight is 300 g/mol. The van der Waals surface area contributed by atoms with Crippen LogP contribution in [-0.4, -0.2) is 19.3 Å². The molecular formula is C14H22BrNO. The van der Waals surface area contributed by atoms with E-state index in [0.717, 1.165) is 23.9 Å². The molecule has 0 aliphatic carbocycles. The lowest BCUT2D eigenvalue weighted by Crippen LogP contribution is -2.25. The van der Waals surface area contributed by atoms with Crippen LogP contribution in [0.3, 0.4) is 0 Å². The van der Waals surface area contributed by atoms with Crippen molar-refractivity contribution >= 4 is 21.6 Å². The molecule has 0 unspecified atom stereocenters. The second-order valence-electron chi connectivity index (χ2n) is 4.80. The van der Waals surface area contributed by atoms with Crippen molar-refractivity contribution in [2.24, 2.45) is 0 Å². The molecule has 0 bridgehead atoms. The Morgan fingerprint density at radius 2 is 2.06 bits per heavy atom. The van der Waals surface area contributed by atoms with Gasteiger partial charge in [-0.15, -0.1) is 0 Å². The molecule has 1 aromatic carbocycles. The molecule has 3 heteroatoms. The second kappa shape index (κ2) is 6.41. The number of halogens is 1. The first-order chi connectivity index (χ1) is 7.98. The Labute approximate surface area is 113 Å². The molecule has 0 heterocycles. The highest BCUT2D eigenvalue weighted by molar-refractivity contribution is 9.10. The van der Waals surface area contributed by atoms with Crippen LogP contribution in [0.1, 0.15) is 32.8 Å². The van der Waals surface area contributed by atoms with Gasteiger partial charge in [0.25, 0.3) is 0 Å². The third kappa shape index (κ3) is 4.68. The second-order valence-corrected chi connectivity index (χ2v) is 5.71. The molecule has 0 spiro atoms. The summed E-state index contributed by atoms with van der Waals surface area (Å²) in [6.45, 7) is 7.31. The molecule has 2 nitrogen and oxygen atoms in total. The highest BCUT2D eigenvalue weighted by Gasteiger charge is 2.15. The van der Waals surface area contributed by atoms with E-state index in [4.69, 9.17) is 4.74 Å². The van der Waals surface area contributed by atoms with Crippen molar-refractivity contribution in [2.45, 2.75) is 39.2 Å². The number of benzene rings is 1. The zero-order chi connectivity index (χ0) is 12.9. The Kier molecular flexibility index (Phi) is 5.47. The van der Waals surface area contributed by atoms with Gasteiger partial charge in [-0.2, -0.15) is 0 Å². The summed E-state index contributed by atoms with van der Waals surface area (Å²) in [5.74, 6) is 0. The summed E-state index contributed by atoms with van der Waals surface area (Å²) in [4.78, 5) is 0. The van der Waals surface area contributed by atoms with E-state index in [2.05, 4.69) is 60.2 Å². The quantitative estimate of drug-likeness (QED) is 0.848. The summed E-state index contributed by atoms with van der Waals surface area (Å²) in [6.07, 6.45) is 2.03. The van der Waals surface area contributed by atoms with Crippen LogP contribution in [0.25, 0.3) is 0 Å². The number of nitrogens with one attached hydrogen (secondary N) is 1. The summed E-state index contributed by atoms with van der Waals surface area (Å²) >= 11 is 3.50. The van der Waals surface area contributed by atoms with E-state index in [-0.39, 0.29) is 5.60 Å². The Balaban J connectivity index is 2.57. The molecule has 17 heavy (non-hydrogen) atoms. The van der Waals surface area contributed by atoms with Crippen LogP contribution in [0.5, 0.6) is 0 Å². The van der Waals surface area contributed by atoms with Crippen LogP contribution in [-0.2, 0) is 11.2 Å². The smallest absolute Gasteiger partial charge is 0.0639 e. The molecule has 0 amide bonds. The normalized spacial score (nSPS) is 11.6. The van der Waals surface area contributed by atoms with Crippen LogP contribution >= 0.6 is 15.9 Å². The summed E-state index contributed by atoms with van der Waals surface area (Å²) in [6, 6.07) is 6.37. The minimum absolute atomic E-state index is 0.0608. The number of hydrogen-bond donors (Lipinski definition) is 1. The SMILES string of the molecule is CCc1cc(Br)ccc1NCCC(C)(C)OC. The van der Waals surface area contributed by atoms with E-state index in [9.17, 15) is 0 Å². The predicted octanol–water partition coefficient (Wildman–Crippen LogP) is 4.24. The van der Waals surface area contributed by atoms with Gasteiger partial charge in [-0.1, -0.05) is 22.9 Å². The van der Waals surface area contributed by atoms with E-state index in [1.807, 2.05) is 0 Å². The Hall–Kier alpha value is -0.540. The molecule has 0 aliphatic heterocycles. The van der Waals surface area contributed by atoms with Gasteiger partial charge in [0.15, 0.2) is 0 Å². The Bertz CT molecular complexity index is 363. The van der Waals surface area contributed by atoms with Gasteiger partial charge < -0.3 is 10.1 Å². The number of methoxy groups -OCH3 is 1. The fourth-order valence-corrected chi connectivity index (χ4v) is 2.04. The molecule has 96 valence electrons. The summed E-state index contributed by atoms with van der Waals surface area (Å²) in [5, 5.41) is 3.48. The Morgan fingerprint density at radius 3 is 2.65 bits per heavy atom. The third-order valence-electron chi connectivity index (χ3n) is 3.04. The van der Waals surface area contributed by atoms with E-state index in [0.29, 0.717) is 0 Å². The first-order valence-corrected chi connectivity index (χ1v) is 6.85. The zero-order valence-corrected chi connectivity index (χ0v) is 12.7. The van der Waals surface area contributed by atoms with Crippen molar-refractivity contribution in [1.29, 1.82) is 0 Å². The van der Waals surface area contributed by atoms with E-state index >= 15 is 0 Å². The van der Waals surface area contributed by atoms with Crippen molar-refractivity contribution in [1.82, 2.24) is 0 Å². The minimum atomic E-state index is -0.0608. The molecule has 0 atom stereocenters. The van der Waals surface area contributed by atoms with Crippen LogP contribution in [0.2, 0.25) is 0 Å². The maximum absolute atomic E-state index is 5.40. The molecule has 0 aromatic heterocycles. The molecule has 1 N–H and O–H groups in total. The number of ether oxygens (including phenoxy) is 1. The van der Waals surface area contributed by atoms with Crippen molar-refractivity contribution < 1.29 is 4.74 Å². The first kappa shape index (κ1) is 14.5. The number of hydrogen-bond acceptors (Lipinski definition) is 2. The van der Waals surface area contributed by atoms with Gasteiger partial charge in [-0.25, -0.2) is 0 Å². The molecule has 1 aromatic rings. The largest absolute Gasteiger partial charge is 0.385 e. The van der Waals surface area contributed by atoms with Crippen molar-refractivity contribution in [3.05, 3.63) is 28.2 Å². The van der Waals surface area contributed by atoms with Gasteiger partial charge in [0.2, 0.25) is 0 Å². The summed E-state index contributed by atoms with van der Waals surface area (Å²) in [5.41, 5.74) is 2.51. The molecule has 0 saturated carbocycles. The molecule has 0 saturated heterocycles. The van der Waals surface area contributed by atoms with Gasteiger partial charge in [0.05, 0.1) is 5.60 Å². The van der Waals surface area contributed by atoms with Gasteiger partial charge >= 0.3 is 0 Å². The van der Waals surface area contributed by atoms with E-state index < -0.39 is 0 Å². The molecule has 0 aliphatic rings. The number of anilines is 1. The standard InChI is InChI=1S/C14H22BrNO/c1-5-11-10-12(15)6-7-13(11)16-9-8-14(2,3)17-4/h6-7,10,16H,5,8-9H2,1-4H3. The van der Waals surface area contributed by atoms with Gasteiger partial charge in [0, 0.05) is 23.8 Å². The Morgan fingerprint density at radius 1 is 1.35 bits per heavy atom. The predicted molar refractivity (Wildman–Crippen MR) is 77.7 cm³/mol. The van der Waals surface area contributed by atoms with Crippen LogP contribution in [0, 0.1) is 0 Å². The first-order valence-electron chi connectivity index (χ1n) is 6.06. The molecular weight excluding hydrogens is 278 g/mol. The maximum Gasteiger partial charge on any atom is 0.0639 e. The number of aryl methyl sites for hydroxylation is 1. The summed E-state index contributed by atoms with van der Waals surface area (Å²) in [7, 11) is 1.76. The van der Waals surface area contributed by atoms with Crippen LogP contribution in [0.4, 0.5) is 5.69 Å². The molecule has 0 fully saturated rings. The van der Waals surface area contributed by atoms with Crippen molar-refractivity contribution in [3.63, 3.8) is 0 Å². The van der Waals surface area contributed by atoms with Crippen molar-refractivity contribution in [3.8, 4) is 0 Å². The lowest BCUT2D eigenvalue weighted by Gasteiger charge is -2.23. The van der Waals surface area contributed by atoms with E-state index in [1.165, 1.54) is 11.3 Å². The van der Waals surface area contributed by atoms with Gasteiger partial charge in [-0.05, 0) is 50.5 Å². The van der Waals surface area contributed by atoms with Gasteiger partial charge in [-0.3, -0.25) is 0 Å². The highest BCUT2D eigenvalue weighted by atomic mass is 79.9. The fourth-order valence-electron chi connectivity index (χ4n) is 1.63. The zero-order valence-electron chi connectivity index (χ0n) is 11.1. The highest BCUT2D eigenvalue weighted by Crippen LogP contribution is 2.22. The van der Waals surface area contributed by atoms with Gasteiger partial charge in [0.1, 0.15) is 0 Å².